The van der Waals surface area contributed by atoms with Crippen molar-refractivity contribution >= 4 is 21.9 Å². The maximum atomic E-state index is 11.0. The number of benzene rings is 1. The van der Waals surface area contributed by atoms with E-state index in [1.54, 1.807) is 13.2 Å². The second kappa shape index (κ2) is 6.62. The van der Waals surface area contributed by atoms with Gasteiger partial charge in [-0.15, -0.1) is 0 Å². The number of carboxylic acids is 1. The third-order valence-electron chi connectivity index (χ3n) is 3.82. The summed E-state index contributed by atoms with van der Waals surface area (Å²) < 4.78 is 17.5. The van der Waals surface area contributed by atoms with Crippen molar-refractivity contribution < 1.29 is 23.9 Å². The quantitative estimate of drug-likeness (QED) is 0.837. The van der Waals surface area contributed by atoms with Crippen LogP contribution in [0.5, 0.6) is 11.5 Å². The van der Waals surface area contributed by atoms with Crippen molar-refractivity contribution in [1.82, 2.24) is 5.16 Å². The first-order chi connectivity index (χ1) is 11.1. The molecule has 7 heteroatoms. The molecular formula is C16H16BrNO5. The number of hydrogen-bond donors (Lipinski definition) is 1. The van der Waals surface area contributed by atoms with Crippen LogP contribution in [-0.4, -0.2) is 29.4 Å². The van der Waals surface area contributed by atoms with Gasteiger partial charge in [0, 0.05) is 10.5 Å². The number of aromatic carboxylic acids is 1. The van der Waals surface area contributed by atoms with Crippen molar-refractivity contribution in [1.29, 1.82) is 0 Å². The molecule has 0 amide bonds. The van der Waals surface area contributed by atoms with Gasteiger partial charge in [0.05, 0.1) is 18.8 Å². The van der Waals surface area contributed by atoms with Gasteiger partial charge >= 0.3 is 5.97 Å². The van der Waals surface area contributed by atoms with Gasteiger partial charge in [-0.25, -0.2) is 4.79 Å². The van der Waals surface area contributed by atoms with Crippen LogP contribution in [-0.2, 0) is 0 Å². The molecule has 0 radical (unpaired) electrons. The van der Waals surface area contributed by atoms with E-state index < -0.39 is 5.97 Å². The monoisotopic (exact) mass is 381 g/mol. The summed E-state index contributed by atoms with van der Waals surface area (Å²) in [4.78, 5) is 11.0. The molecule has 1 aromatic heterocycles. The highest BCUT2D eigenvalue weighted by atomic mass is 79.9. The van der Waals surface area contributed by atoms with Crippen LogP contribution >= 0.6 is 15.9 Å². The standard InChI is InChI=1S/C16H16BrNO5/c1-21-14-7-9(17)6-11(13-8-12(16(19)20)18-23-13)15(14)22-10-4-2-3-5-10/h6-8,10H,2-5H2,1H3,(H,19,20). The average Bonchev–Trinajstić information content (AvgIpc) is 3.19. The van der Waals surface area contributed by atoms with Crippen molar-refractivity contribution in [3.05, 3.63) is 28.4 Å². The highest BCUT2D eigenvalue weighted by Crippen LogP contribution is 2.42. The smallest absolute Gasteiger partial charge is 0.358 e. The number of methoxy groups -OCH3 is 1. The Kier molecular flexibility index (Phi) is 4.56. The average molecular weight is 382 g/mol. The summed E-state index contributed by atoms with van der Waals surface area (Å²) in [6.45, 7) is 0. The number of halogens is 1. The second-order valence-electron chi connectivity index (χ2n) is 5.39. The summed E-state index contributed by atoms with van der Waals surface area (Å²) in [7, 11) is 1.57. The molecular weight excluding hydrogens is 366 g/mol. The molecule has 0 atom stereocenters. The second-order valence-corrected chi connectivity index (χ2v) is 6.31. The summed E-state index contributed by atoms with van der Waals surface area (Å²) in [5.41, 5.74) is 0.467. The highest BCUT2D eigenvalue weighted by Gasteiger charge is 2.24. The van der Waals surface area contributed by atoms with Crippen LogP contribution in [0.2, 0.25) is 0 Å². The number of ether oxygens (including phenoxy) is 2. The van der Waals surface area contributed by atoms with Crippen molar-refractivity contribution in [2.75, 3.05) is 7.11 Å². The molecule has 0 spiro atoms. The SMILES string of the molecule is COc1cc(Br)cc(-c2cc(C(=O)O)no2)c1OC1CCCC1. The summed E-state index contributed by atoms with van der Waals surface area (Å²) in [6.07, 6.45) is 4.41. The van der Waals surface area contributed by atoms with Crippen LogP contribution in [0.4, 0.5) is 0 Å². The van der Waals surface area contributed by atoms with Gasteiger partial charge in [-0.1, -0.05) is 21.1 Å². The zero-order valence-electron chi connectivity index (χ0n) is 12.5. The van der Waals surface area contributed by atoms with Gasteiger partial charge in [0.25, 0.3) is 0 Å². The molecule has 1 aliphatic rings. The fraction of sp³-hybridized carbons (Fsp3) is 0.375. The molecule has 122 valence electrons. The van der Waals surface area contributed by atoms with Gasteiger partial charge < -0.3 is 19.1 Å². The van der Waals surface area contributed by atoms with E-state index in [0.717, 1.165) is 30.2 Å². The number of nitrogens with zero attached hydrogens (tertiary/aromatic N) is 1. The predicted octanol–water partition coefficient (Wildman–Crippen LogP) is 4.13. The van der Waals surface area contributed by atoms with E-state index in [4.69, 9.17) is 19.1 Å². The van der Waals surface area contributed by atoms with Crippen LogP contribution in [0.15, 0.2) is 27.2 Å². The number of hydrogen-bond acceptors (Lipinski definition) is 5. The van der Waals surface area contributed by atoms with E-state index in [9.17, 15) is 4.79 Å². The fourth-order valence-corrected chi connectivity index (χ4v) is 3.14. The number of aromatic nitrogens is 1. The third-order valence-corrected chi connectivity index (χ3v) is 4.28. The van der Waals surface area contributed by atoms with E-state index >= 15 is 0 Å². The van der Waals surface area contributed by atoms with Gasteiger partial charge in [0.15, 0.2) is 23.0 Å². The molecule has 1 heterocycles. The highest BCUT2D eigenvalue weighted by molar-refractivity contribution is 9.10. The van der Waals surface area contributed by atoms with Crippen LogP contribution < -0.4 is 9.47 Å². The molecule has 0 aliphatic heterocycles. The van der Waals surface area contributed by atoms with Gasteiger partial charge in [-0.2, -0.15) is 0 Å². The van der Waals surface area contributed by atoms with Crippen LogP contribution in [0.1, 0.15) is 36.2 Å². The van der Waals surface area contributed by atoms with Crippen molar-refractivity contribution in [3.8, 4) is 22.8 Å². The molecule has 0 unspecified atom stereocenters. The van der Waals surface area contributed by atoms with Crippen molar-refractivity contribution in [3.63, 3.8) is 0 Å². The summed E-state index contributed by atoms with van der Waals surface area (Å²) in [5, 5.41) is 12.6. The first-order valence-corrected chi connectivity index (χ1v) is 8.12. The normalized spacial score (nSPS) is 14.9. The minimum absolute atomic E-state index is 0.130. The van der Waals surface area contributed by atoms with E-state index in [1.165, 1.54) is 6.07 Å². The Labute approximate surface area is 141 Å². The third kappa shape index (κ3) is 3.34. The maximum absolute atomic E-state index is 11.0. The van der Waals surface area contributed by atoms with Gasteiger partial charge in [0.2, 0.25) is 0 Å². The molecule has 1 aliphatic carbocycles. The molecule has 2 aromatic rings. The summed E-state index contributed by atoms with van der Waals surface area (Å²) >= 11 is 3.42. The topological polar surface area (TPSA) is 81.8 Å². The predicted molar refractivity (Wildman–Crippen MR) is 86.0 cm³/mol. The molecule has 1 saturated carbocycles. The number of carboxylic acid groups (broad SMARTS) is 1. The Morgan fingerprint density at radius 2 is 2.09 bits per heavy atom. The van der Waals surface area contributed by atoms with Crippen molar-refractivity contribution in [2.45, 2.75) is 31.8 Å². The molecule has 1 aromatic carbocycles. The zero-order chi connectivity index (χ0) is 16.4. The first kappa shape index (κ1) is 15.9. The molecule has 0 saturated heterocycles. The van der Waals surface area contributed by atoms with E-state index in [0.29, 0.717) is 22.8 Å². The van der Waals surface area contributed by atoms with Crippen LogP contribution in [0, 0.1) is 0 Å². The zero-order valence-corrected chi connectivity index (χ0v) is 14.1. The minimum Gasteiger partial charge on any atom is -0.493 e. The maximum Gasteiger partial charge on any atom is 0.358 e. The summed E-state index contributed by atoms with van der Waals surface area (Å²) in [6, 6.07) is 4.99. The lowest BCUT2D eigenvalue weighted by Crippen LogP contribution is -2.12. The van der Waals surface area contributed by atoms with E-state index in [-0.39, 0.29) is 11.8 Å². The van der Waals surface area contributed by atoms with Gasteiger partial charge in [-0.3, -0.25) is 0 Å². The number of rotatable bonds is 5. The molecule has 1 N–H and O–H groups in total. The first-order valence-electron chi connectivity index (χ1n) is 7.33. The molecule has 1 fully saturated rings. The molecule has 6 nitrogen and oxygen atoms in total. The largest absolute Gasteiger partial charge is 0.493 e. The van der Waals surface area contributed by atoms with Crippen LogP contribution in [0.3, 0.4) is 0 Å². The van der Waals surface area contributed by atoms with E-state index in [1.807, 2.05) is 6.07 Å². The lowest BCUT2D eigenvalue weighted by molar-refractivity contribution is 0.0686. The lowest BCUT2D eigenvalue weighted by Gasteiger charge is -2.18. The Morgan fingerprint density at radius 1 is 1.35 bits per heavy atom. The van der Waals surface area contributed by atoms with Gasteiger partial charge in [-0.05, 0) is 37.8 Å². The Bertz CT molecular complexity index is 721. The fourth-order valence-electron chi connectivity index (χ4n) is 2.70. The minimum atomic E-state index is -1.14. The Hall–Kier alpha value is -2.02. The summed E-state index contributed by atoms with van der Waals surface area (Å²) in [5.74, 6) is 0.306. The molecule has 0 bridgehead atoms. The number of carbonyl (C=O) groups is 1. The molecule has 23 heavy (non-hydrogen) atoms. The lowest BCUT2D eigenvalue weighted by atomic mass is 10.1. The van der Waals surface area contributed by atoms with Crippen LogP contribution in [0.25, 0.3) is 11.3 Å². The Morgan fingerprint density at radius 3 is 2.70 bits per heavy atom. The van der Waals surface area contributed by atoms with E-state index in [2.05, 4.69) is 21.1 Å². The van der Waals surface area contributed by atoms with Crippen molar-refractivity contribution in [2.24, 2.45) is 0 Å². The van der Waals surface area contributed by atoms with Gasteiger partial charge in [0.1, 0.15) is 0 Å². The molecule has 3 rings (SSSR count). The Balaban J connectivity index is 2.05.